The van der Waals surface area contributed by atoms with Gasteiger partial charge in [0.25, 0.3) is 0 Å². The SMILES string of the molecule is CC1CN(C(=O)CCC(N)c2ccccc2)CC(C)S1. The minimum absolute atomic E-state index is 0.0471. The van der Waals surface area contributed by atoms with E-state index < -0.39 is 0 Å². The first kappa shape index (κ1) is 15.4. The number of hydrogen-bond acceptors (Lipinski definition) is 3. The molecule has 1 heterocycles. The lowest BCUT2D eigenvalue weighted by Crippen LogP contribution is -2.44. The third-order valence-electron chi connectivity index (χ3n) is 3.67. The minimum atomic E-state index is -0.0471. The van der Waals surface area contributed by atoms with Crippen LogP contribution in [0.2, 0.25) is 0 Å². The normalized spacial score (nSPS) is 24.4. The molecule has 0 bridgehead atoms. The summed E-state index contributed by atoms with van der Waals surface area (Å²) in [7, 11) is 0. The molecule has 1 saturated heterocycles. The van der Waals surface area contributed by atoms with Crippen molar-refractivity contribution in [2.45, 2.75) is 43.2 Å². The monoisotopic (exact) mass is 292 g/mol. The summed E-state index contributed by atoms with van der Waals surface area (Å²) in [6.45, 7) is 6.12. The Hall–Kier alpha value is -1.00. The molecule has 1 amide bonds. The Bertz CT molecular complexity index is 427. The smallest absolute Gasteiger partial charge is 0.222 e. The van der Waals surface area contributed by atoms with Gasteiger partial charge in [-0.3, -0.25) is 4.79 Å². The van der Waals surface area contributed by atoms with E-state index >= 15 is 0 Å². The number of benzene rings is 1. The fourth-order valence-electron chi connectivity index (χ4n) is 2.69. The van der Waals surface area contributed by atoms with E-state index in [9.17, 15) is 4.79 Å². The van der Waals surface area contributed by atoms with E-state index in [4.69, 9.17) is 5.73 Å². The van der Waals surface area contributed by atoms with Crippen molar-refractivity contribution in [3.05, 3.63) is 35.9 Å². The molecule has 0 spiro atoms. The first-order valence-corrected chi connectivity index (χ1v) is 8.24. The molecule has 4 heteroatoms. The molecule has 0 aromatic heterocycles. The number of hydrogen-bond donors (Lipinski definition) is 1. The van der Waals surface area contributed by atoms with E-state index in [0.29, 0.717) is 16.9 Å². The van der Waals surface area contributed by atoms with Gasteiger partial charge in [-0.25, -0.2) is 0 Å². The molecule has 0 saturated carbocycles. The van der Waals surface area contributed by atoms with E-state index in [1.807, 2.05) is 47.0 Å². The summed E-state index contributed by atoms with van der Waals surface area (Å²) in [5.41, 5.74) is 7.26. The van der Waals surface area contributed by atoms with Crippen LogP contribution in [-0.4, -0.2) is 34.4 Å². The molecule has 3 atom stereocenters. The predicted octanol–water partition coefficient (Wildman–Crippen LogP) is 2.82. The Morgan fingerprint density at radius 1 is 1.30 bits per heavy atom. The Balaban J connectivity index is 1.83. The first-order chi connectivity index (χ1) is 9.56. The van der Waals surface area contributed by atoms with Crippen LogP contribution in [0.25, 0.3) is 0 Å². The number of rotatable bonds is 4. The Morgan fingerprint density at radius 2 is 1.90 bits per heavy atom. The summed E-state index contributed by atoms with van der Waals surface area (Å²) >= 11 is 1.97. The maximum atomic E-state index is 12.3. The maximum Gasteiger partial charge on any atom is 0.222 e. The molecule has 2 rings (SSSR count). The van der Waals surface area contributed by atoms with Crippen molar-refractivity contribution >= 4 is 17.7 Å². The summed E-state index contributed by atoms with van der Waals surface area (Å²) in [5.74, 6) is 0.246. The first-order valence-electron chi connectivity index (χ1n) is 7.30. The second-order valence-corrected chi connectivity index (χ2v) is 7.49. The molecule has 1 aromatic rings. The Labute approximate surface area is 125 Å². The van der Waals surface area contributed by atoms with Gasteiger partial charge in [0, 0.05) is 36.1 Å². The average Bonchev–Trinajstić information content (AvgIpc) is 2.44. The zero-order valence-electron chi connectivity index (χ0n) is 12.3. The van der Waals surface area contributed by atoms with Crippen molar-refractivity contribution in [2.75, 3.05) is 13.1 Å². The van der Waals surface area contributed by atoms with Gasteiger partial charge >= 0.3 is 0 Å². The fourth-order valence-corrected chi connectivity index (χ4v) is 4.01. The lowest BCUT2D eigenvalue weighted by atomic mass is 10.0. The third kappa shape index (κ3) is 4.25. The predicted molar refractivity (Wildman–Crippen MR) is 85.7 cm³/mol. The van der Waals surface area contributed by atoms with Crippen molar-refractivity contribution in [3.8, 4) is 0 Å². The molecular formula is C16H24N2OS. The number of amides is 1. The number of nitrogens with zero attached hydrogens (tertiary/aromatic N) is 1. The van der Waals surface area contributed by atoms with Gasteiger partial charge in [0.05, 0.1) is 0 Å². The molecule has 3 unspecified atom stereocenters. The Kier molecular flexibility index (Phi) is 5.49. The van der Waals surface area contributed by atoms with Gasteiger partial charge in [-0.2, -0.15) is 11.8 Å². The van der Waals surface area contributed by atoms with Crippen LogP contribution in [0.4, 0.5) is 0 Å². The van der Waals surface area contributed by atoms with Crippen LogP contribution in [0.15, 0.2) is 30.3 Å². The standard InChI is InChI=1S/C16H24N2OS/c1-12-10-18(11-13(2)20-12)16(19)9-8-15(17)14-6-4-3-5-7-14/h3-7,12-13,15H,8-11,17H2,1-2H3. The molecule has 1 aliphatic rings. The second-order valence-electron chi connectivity index (χ2n) is 5.61. The number of carbonyl (C=O) groups is 1. The minimum Gasteiger partial charge on any atom is -0.341 e. The van der Waals surface area contributed by atoms with Crippen LogP contribution < -0.4 is 5.73 Å². The third-order valence-corrected chi connectivity index (χ3v) is 4.90. The van der Waals surface area contributed by atoms with E-state index in [1.54, 1.807) is 0 Å². The lowest BCUT2D eigenvalue weighted by molar-refractivity contribution is -0.131. The van der Waals surface area contributed by atoms with Crippen LogP contribution in [0.5, 0.6) is 0 Å². The molecule has 20 heavy (non-hydrogen) atoms. The van der Waals surface area contributed by atoms with Gasteiger partial charge in [0.1, 0.15) is 0 Å². The van der Waals surface area contributed by atoms with Crippen LogP contribution in [0, 0.1) is 0 Å². The molecule has 1 fully saturated rings. The quantitative estimate of drug-likeness (QED) is 0.928. The van der Waals surface area contributed by atoms with Gasteiger partial charge in [-0.05, 0) is 12.0 Å². The van der Waals surface area contributed by atoms with Gasteiger partial charge in [0.15, 0.2) is 0 Å². The van der Waals surface area contributed by atoms with E-state index in [-0.39, 0.29) is 11.9 Å². The van der Waals surface area contributed by atoms with E-state index in [1.165, 1.54) is 0 Å². The van der Waals surface area contributed by atoms with Crippen molar-refractivity contribution in [1.82, 2.24) is 4.90 Å². The summed E-state index contributed by atoms with van der Waals surface area (Å²) in [6, 6.07) is 9.96. The van der Waals surface area contributed by atoms with Gasteiger partial charge < -0.3 is 10.6 Å². The van der Waals surface area contributed by atoms with Crippen molar-refractivity contribution < 1.29 is 4.79 Å². The van der Waals surface area contributed by atoms with Gasteiger partial charge in [0.2, 0.25) is 5.91 Å². The largest absolute Gasteiger partial charge is 0.341 e. The zero-order chi connectivity index (χ0) is 14.5. The highest BCUT2D eigenvalue weighted by Crippen LogP contribution is 2.25. The highest BCUT2D eigenvalue weighted by Gasteiger charge is 2.25. The molecule has 1 aromatic carbocycles. The van der Waals surface area contributed by atoms with Crippen molar-refractivity contribution in [2.24, 2.45) is 5.73 Å². The maximum absolute atomic E-state index is 12.3. The van der Waals surface area contributed by atoms with Gasteiger partial charge in [-0.1, -0.05) is 44.2 Å². The highest BCUT2D eigenvalue weighted by molar-refractivity contribution is 8.00. The lowest BCUT2D eigenvalue weighted by Gasteiger charge is -2.34. The number of carbonyl (C=O) groups excluding carboxylic acids is 1. The highest BCUT2D eigenvalue weighted by atomic mass is 32.2. The fraction of sp³-hybridized carbons (Fsp3) is 0.562. The molecule has 2 N–H and O–H groups in total. The second kappa shape index (κ2) is 7.14. The molecule has 3 nitrogen and oxygen atoms in total. The molecular weight excluding hydrogens is 268 g/mol. The Morgan fingerprint density at radius 3 is 2.50 bits per heavy atom. The molecule has 0 aliphatic carbocycles. The average molecular weight is 292 g/mol. The molecule has 0 radical (unpaired) electrons. The van der Waals surface area contributed by atoms with Crippen molar-refractivity contribution in [1.29, 1.82) is 0 Å². The van der Waals surface area contributed by atoms with Crippen LogP contribution >= 0.6 is 11.8 Å². The number of nitrogens with two attached hydrogens (primary N) is 1. The molecule has 110 valence electrons. The topological polar surface area (TPSA) is 46.3 Å². The van der Waals surface area contributed by atoms with Crippen LogP contribution in [0.3, 0.4) is 0 Å². The number of thioether (sulfide) groups is 1. The summed E-state index contributed by atoms with van der Waals surface area (Å²) in [5, 5.41) is 1.07. The van der Waals surface area contributed by atoms with E-state index in [0.717, 1.165) is 25.1 Å². The summed E-state index contributed by atoms with van der Waals surface area (Å²) in [6.07, 6.45) is 1.26. The summed E-state index contributed by atoms with van der Waals surface area (Å²) < 4.78 is 0. The van der Waals surface area contributed by atoms with E-state index in [2.05, 4.69) is 13.8 Å². The zero-order valence-corrected chi connectivity index (χ0v) is 13.1. The van der Waals surface area contributed by atoms with Crippen LogP contribution in [0.1, 0.15) is 38.3 Å². The van der Waals surface area contributed by atoms with Gasteiger partial charge in [-0.15, -0.1) is 0 Å². The van der Waals surface area contributed by atoms with Crippen LogP contribution in [-0.2, 0) is 4.79 Å². The molecule has 1 aliphatic heterocycles. The van der Waals surface area contributed by atoms with Crippen molar-refractivity contribution in [3.63, 3.8) is 0 Å². The summed E-state index contributed by atoms with van der Waals surface area (Å²) in [4.78, 5) is 14.3.